The number of hydrogen-bond acceptors (Lipinski definition) is 5. The van der Waals surface area contributed by atoms with Crippen LogP contribution >= 0.6 is 0 Å². The number of carbonyl (C=O) groups excluding carboxylic acids is 1. The van der Waals surface area contributed by atoms with E-state index in [1.165, 1.54) is 16.8 Å². The number of amides is 1. The third-order valence-electron chi connectivity index (χ3n) is 5.39. The molecule has 0 aliphatic carbocycles. The Morgan fingerprint density at radius 1 is 0.931 bits per heavy atom. The van der Waals surface area contributed by atoms with Gasteiger partial charge in [-0.1, -0.05) is 30.3 Å². The summed E-state index contributed by atoms with van der Waals surface area (Å²) in [7, 11) is 0. The molecule has 0 radical (unpaired) electrons. The monoisotopic (exact) mass is 387 g/mol. The van der Waals surface area contributed by atoms with Gasteiger partial charge in [-0.2, -0.15) is 0 Å². The highest BCUT2D eigenvalue weighted by molar-refractivity contribution is 5.92. The maximum absolute atomic E-state index is 13.0. The van der Waals surface area contributed by atoms with Crippen LogP contribution in [0.5, 0.6) is 0 Å². The molecule has 0 unspecified atom stereocenters. The van der Waals surface area contributed by atoms with Gasteiger partial charge in [0.15, 0.2) is 0 Å². The van der Waals surface area contributed by atoms with Gasteiger partial charge in [0.2, 0.25) is 5.95 Å². The summed E-state index contributed by atoms with van der Waals surface area (Å²) in [5, 5.41) is 3.14. The van der Waals surface area contributed by atoms with Gasteiger partial charge in [0.05, 0.1) is 0 Å². The lowest BCUT2D eigenvalue weighted by molar-refractivity contribution is 0.0741. The fourth-order valence-electron chi connectivity index (χ4n) is 3.58. The van der Waals surface area contributed by atoms with E-state index in [9.17, 15) is 4.79 Å². The van der Waals surface area contributed by atoms with E-state index >= 15 is 0 Å². The number of nitrogens with one attached hydrogen (secondary N) is 1. The van der Waals surface area contributed by atoms with Crippen molar-refractivity contribution in [1.82, 2.24) is 14.9 Å². The number of para-hydroxylation sites is 1. The molecule has 1 aliphatic rings. The van der Waals surface area contributed by atoms with Gasteiger partial charge in [-0.05, 0) is 49.2 Å². The average Bonchev–Trinajstić information content (AvgIpc) is 2.76. The molecule has 0 spiro atoms. The molecule has 4 rings (SSSR count). The molecule has 148 valence electrons. The van der Waals surface area contributed by atoms with E-state index < -0.39 is 0 Å². The number of benzene rings is 2. The zero-order valence-electron chi connectivity index (χ0n) is 16.8. The fourth-order valence-corrected chi connectivity index (χ4v) is 3.58. The lowest BCUT2D eigenvalue weighted by Crippen LogP contribution is -2.49. The van der Waals surface area contributed by atoms with Crippen molar-refractivity contribution in [2.45, 2.75) is 13.8 Å². The molecule has 2 aromatic carbocycles. The summed E-state index contributed by atoms with van der Waals surface area (Å²) in [4.78, 5) is 25.8. The van der Waals surface area contributed by atoms with Crippen LogP contribution in [0.15, 0.2) is 60.8 Å². The molecule has 1 fully saturated rings. The number of hydrogen-bond donors (Lipinski definition) is 1. The van der Waals surface area contributed by atoms with Crippen LogP contribution in [0.4, 0.5) is 17.3 Å². The van der Waals surface area contributed by atoms with Crippen molar-refractivity contribution in [3.8, 4) is 0 Å². The number of anilines is 3. The number of aryl methyl sites for hydroxylation is 1. The van der Waals surface area contributed by atoms with E-state index in [4.69, 9.17) is 0 Å². The Balaban J connectivity index is 1.42. The maximum Gasteiger partial charge on any atom is 0.272 e. The van der Waals surface area contributed by atoms with Crippen LogP contribution in [0, 0.1) is 13.8 Å². The lowest BCUT2D eigenvalue weighted by atomic mass is 10.1. The number of aromatic nitrogens is 2. The van der Waals surface area contributed by atoms with Crippen LogP contribution < -0.4 is 10.2 Å². The molecule has 1 aromatic heterocycles. The van der Waals surface area contributed by atoms with Crippen LogP contribution in [0.2, 0.25) is 0 Å². The minimum absolute atomic E-state index is 0.0517. The molecule has 6 nitrogen and oxygen atoms in total. The Morgan fingerprint density at radius 3 is 2.45 bits per heavy atom. The topological polar surface area (TPSA) is 61.4 Å². The lowest BCUT2D eigenvalue weighted by Gasteiger charge is -2.37. The van der Waals surface area contributed by atoms with Crippen molar-refractivity contribution in [2.24, 2.45) is 0 Å². The van der Waals surface area contributed by atoms with Crippen LogP contribution in [0.25, 0.3) is 0 Å². The van der Waals surface area contributed by atoms with Gasteiger partial charge in [-0.15, -0.1) is 0 Å². The molecule has 0 saturated carbocycles. The van der Waals surface area contributed by atoms with Gasteiger partial charge in [-0.3, -0.25) is 4.79 Å². The smallest absolute Gasteiger partial charge is 0.272 e. The second kappa shape index (κ2) is 8.31. The quantitative estimate of drug-likeness (QED) is 0.738. The van der Waals surface area contributed by atoms with Crippen molar-refractivity contribution in [3.63, 3.8) is 0 Å². The molecule has 0 bridgehead atoms. The first-order valence-corrected chi connectivity index (χ1v) is 9.87. The molecule has 1 N–H and O–H groups in total. The molecular weight excluding hydrogens is 362 g/mol. The second-order valence-electron chi connectivity index (χ2n) is 7.25. The van der Waals surface area contributed by atoms with Crippen molar-refractivity contribution >= 4 is 23.2 Å². The largest absolute Gasteiger partial charge is 0.368 e. The van der Waals surface area contributed by atoms with Gasteiger partial charge in [-0.25, -0.2) is 9.97 Å². The van der Waals surface area contributed by atoms with Crippen molar-refractivity contribution < 1.29 is 4.79 Å². The van der Waals surface area contributed by atoms with E-state index in [2.05, 4.69) is 52.2 Å². The first kappa shape index (κ1) is 18.9. The minimum Gasteiger partial charge on any atom is -0.368 e. The highest BCUT2D eigenvalue weighted by atomic mass is 16.2. The van der Waals surface area contributed by atoms with Crippen LogP contribution in [0.1, 0.15) is 21.6 Å². The first-order chi connectivity index (χ1) is 14.1. The van der Waals surface area contributed by atoms with E-state index in [1.54, 1.807) is 12.3 Å². The number of piperazine rings is 1. The molecule has 2 heterocycles. The zero-order chi connectivity index (χ0) is 20.2. The van der Waals surface area contributed by atoms with Gasteiger partial charge in [0, 0.05) is 43.8 Å². The SMILES string of the molecule is Cc1cccc(N2CCN(C(=O)c3ccnc(Nc4ccccc4)n3)CC2)c1C. The fraction of sp³-hybridized carbons (Fsp3) is 0.261. The van der Waals surface area contributed by atoms with Gasteiger partial charge < -0.3 is 15.1 Å². The van der Waals surface area contributed by atoms with Gasteiger partial charge >= 0.3 is 0 Å². The molecule has 1 saturated heterocycles. The Kier molecular flexibility index (Phi) is 5.42. The van der Waals surface area contributed by atoms with Crippen LogP contribution in [-0.2, 0) is 0 Å². The Labute approximate surface area is 171 Å². The van der Waals surface area contributed by atoms with E-state index in [0.717, 1.165) is 18.8 Å². The normalized spacial score (nSPS) is 14.0. The maximum atomic E-state index is 13.0. The number of carbonyl (C=O) groups is 1. The minimum atomic E-state index is -0.0517. The molecular formula is C23H25N5O. The summed E-state index contributed by atoms with van der Waals surface area (Å²) in [6.07, 6.45) is 1.62. The third-order valence-corrected chi connectivity index (χ3v) is 5.39. The molecule has 6 heteroatoms. The summed E-state index contributed by atoms with van der Waals surface area (Å²) in [6.45, 7) is 7.28. The molecule has 29 heavy (non-hydrogen) atoms. The molecule has 0 atom stereocenters. The highest BCUT2D eigenvalue weighted by Crippen LogP contribution is 2.24. The predicted molar refractivity (Wildman–Crippen MR) is 116 cm³/mol. The van der Waals surface area contributed by atoms with Crippen LogP contribution in [0.3, 0.4) is 0 Å². The van der Waals surface area contributed by atoms with E-state index in [0.29, 0.717) is 24.7 Å². The summed E-state index contributed by atoms with van der Waals surface area (Å²) in [5.41, 5.74) is 5.16. The van der Waals surface area contributed by atoms with E-state index in [-0.39, 0.29) is 5.91 Å². The first-order valence-electron chi connectivity index (χ1n) is 9.87. The van der Waals surface area contributed by atoms with Gasteiger partial charge in [0.1, 0.15) is 5.69 Å². The van der Waals surface area contributed by atoms with E-state index in [1.807, 2.05) is 35.2 Å². The summed E-state index contributed by atoms with van der Waals surface area (Å²) < 4.78 is 0. The summed E-state index contributed by atoms with van der Waals surface area (Å²) in [5.74, 6) is 0.375. The molecule has 1 aliphatic heterocycles. The van der Waals surface area contributed by atoms with Crippen LogP contribution in [-0.4, -0.2) is 47.0 Å². The van der Waals surface area contributed by atoms with Gasteiger partial charge in [0.25, 0.3) is 5.91 Å². The number of rotatable bonds is 4. The Morgan fingerprint density at radius 2 is 1.69 bits per heavy atom. The summed E-state index contributed by atoms with van der Waals surface area (Å²) >= 11 is 0. The molecule has 3 aromatic rings. The standard InChI is InChI=1S/C23H25N5O/c1-17-7-6-10-21(18(17)2)27-13-15-28(16-14-27)22(29)20-11-12-24-23(26-20)25-19-8-4-3-5-9-19/h3-12H,13-16H2,1-2H3,(H,24,25,26). The summed E-state index contributed by atoms with van der Waals surface area (Å²) in [6, 6.07) is 17.8. The predicted octanol–water partition coefficient (Wildman–Crippen LogP) is 3.80. The van der Waals surface area contributed by atoms with Crippen molar-refractivity contribution in [2.75, 3.05) is 36.4 Å². The van der Waals surface area contributed by atoms with Crippen molar-refractivity contribution in [1.29, 1.82) is 0 Å². The average molecular weight is 387 g/mol. The highest BCUT2D eigenvalue weighted by Gasteiger charge is 2.24. The molecule has 1 amide bonds. The zero-order valence-corrected chi connectivity index (χ0v) is 16.8. The van der Waals surface area contributed by atoms with Crippen molar-refractivity contribution in [3.05, 3.63) is 77.6 Å². The number of nitrogens with zero attached hydrogens (tertiary/aromatic N) is 4. The Hall–Kier alpha value is -3.41. The third kappa shape index (κ3) is 4.21. The second-order valence-corrected chi connectivity index (χ2v) is 7.25. The Bertz CT molecular complexity index is 997.